The van der Waals surface area contributed by atoms with Crippen LogP contribution in [0.5, 0.6) is 0 Å². The van der Waals surface area contributed by atoms with Crippen LogP contribution in [0.1, 0.15) is 32.1 Å². The Labute approximate surface area is 112 Å². The van der Waals surface area contributed by atoms with Gasteiger partial charge in [-0.15, -0.1) is 0 Å². The molecule has 0 saturated carbocycles. The van der Waals surface area contributed by atoms with Gasteiger partial charge in [-0.05, 0) is 51.1 Å². The minimum absolute atomic E-state index is 0.696. The minimum Gasteiger partial charge on any atom is -0.383 e. The highest BCUT2D eigenvalue weighted by Gasteiger charge is 2.20. The van der Waals surface area contributed by atoms with Gasteiger partial charge >= 0.3 is 0 Å². The predicted molar refractivity (Wildman–Crippen MR) is 75.8 cm³/mol. The highest BCUT2D eigenvalue weighted by Crippen LogP contribution is 2.18. The van der Waals surface area contributed by atoms with Gasteiger partial charge in [0, 0.05) is 26.2 Å². The molecule has 18 heavy (non-hydrogen) atoms. The van der Waals surface area contributed by atoms with E-state index in [2.05, 4.69) is 22.4 Å². The molecule has 1 saturated heterocycles. The fourth-order valence-corrected chi connectivity index (χ4v) is 3.02. The summed E-state index contributed by atoms with van der Waals surface area (Å²) in [5.74, 6) is 0.865. The Kier molecular flexibility index (Phi) is 6.18. The van der Waals surface area contributed by atoms with E-state index < -0.39 is 0 Å². The summed E-state index contributed by atoms with van der Waals surface area (Å²) in [6, 6.07) is 0.696. The molecule has 0 unspecified atom stereocenters. The van der Waals surface area contributed by atoms with Gasteiger partial charge in [0.15, 0.2) is 0 Å². The Hall–Kier alpha value is -0.380. The van der Waals surface area contributed by atoms with E-state index in [0.717, 1.165) is 19.1 Å². The van der Waals surface area contributed by atoms with Gasteiger partial charge in [-0.2, -0.15) is 0 Å². The molecule has 3 nitrogen and oxygen atoms in total. The monoisotopic (exact) mass is 252 g/mol. The summed E-state index contributed by atoms with van der Waals surface area (Å²) in [5.41, 5.74) is 0. The predicted octanol–water partition coefficient (Wildman–Crippen LogP) is 2.04. The summed E-state index contributed by atoms with van der Waals surface area (Å²) in [4.78, 5) is 2.53. The zero-order valence-corrected chi connectivity index (χ0v) is 11.7. The number of piperidine rings is 1. The van der Waals surface area contributed by atoms with Crippen LogP contribution in [0.2, 0.25) is 0 Å². The molecule has 2 atom stereocenters. The van der Waals surface area contributed by atoms with Crippen LogP contribution in [0.15, 0.2) is 12.2 Å². The zero-order chi connectivity index (χ0) is 12.6. The Morgan fingerprint density at radius 1 is 1.33 bits per heavy atom. The largest absolute Gasteiger partial charge is 0.383 e. The standard InChI is InChI=1S/C15H28N2O/c1-18-11-10-17-9-5-8-15(13-17)16-12-14-6-3-2-4-7-14/h2-3,14-16H,4-13H2,1H3/t14-,15+/m0/s1. The van der Waals surface area contributed by atoms with Crippen LogP contribution < -0.4 is 5.32 Å². The molecule has 0 spiro atoms. The third-order valence-corrected chi connectivity index (χ3v) is 4.19. The molecule has 3 heteroatoms. The number of hydrogen-bond donors (Lipinski definition) is 1. The SMILES string of the molecule is COCCN1CCC[C@@H](NC[C@H]2CC=CCC2)C1. The van der Waals surface area contributed by atoms with Crippen LogP contribution in [-0.2, 0) is 4.74 Å². The Balaban J connectivity index is 1.64. The van der Waals surface area contributed by atoms with Crippen molar-refractivity contribution < 1.29 is 4.74 Å². The molecule has 0 aromatic heterocycles. The molecule has 2 rings (SSSR count). The second-order valence-electron chi connectivity index (χ2n) is 5.69. The second kappa shape index (κ2) is 7.93. The fourth-order valence-electron chi connectivity index (χ4n) is 3.02. The maximum atomic E-state index is 5.17. The lowest BCUT2D eigenvalue weighted by Gasteiger charge is -2.34. The second-order valence-corrected chi connectivity index (χ2v) is 5.69. The summed E-state index contributed by atoms with van der Waals surface area (Å²) in [6.45, 7) is 5.59. The quantitative estimate of drug-likeness (QED) is 0.732. The van der Waals surface area contributed by atoms with Crippen LogP contribution in [0.3, 0.4) is 0 Å². The van der Waals surface area contributed by atoms with E-state index in [1.807, 2.05) is 0 Å². The summed E-state index contributed by atoms with van der Waals surface area (Å²) >= 11 is 0. The summed E-state index contributed by atoms with van der Waals surface area (Å²) in [6.07, 6.45) is 11.2. The third kappa shape index (κ3) is 4.71. The van der Waals surface area contributed by atoms with Crippen molar-refractivity contribution in [3.8, 4) is 0 Å². The minimum atomic E-state index is 0.696. The molecule has 0 radical (unpaired) electrons. The highest BCUT2D eigenvalue weighted by atomic mass is 16.5. The molecule has 0 bridgehead atoms. The molecule has 1 aliphatic heterocycles. The molecule has 1 N–H and O–H groups in total. The van der Waals surface area contributed by atoms with Gasteiger partial charge in [0.25, 0.3) is 0 Å². The molecular formula is C15H28N2O. The number of allylic oxidation sites excluding steroid dienone is 2. The lowest BCUT2D eigenvalue weighted by Crippen LogP contribution is -2.47. The molecule has 0 aromatic carbocycles. The van der Waals surface area contributed by atoms with Gasteiger partial charge in [-0.25, -0.2) is 0 Å². The van der Waals surface area contributed by atoms with Crippen LogP contribution >= 0.6 is 0 Å². The van der Waals surface area contributed by atoms with E-state index in [1.54, 1.807) is 7.11 Å². The molecule has 1 heterocycles. The average Bonchev–Trinajstić information content (AvgIpc) is 2.44. The van der Waals surface area contributed by atoms with Crippen molar-refractivity contribution in [2.75, 3.05) is 39.9 Å². The van der Waals surface area contributed by atoms with Crippen molar-refractivity contribution in [1.82, 2.24) is 10.2 Å². The van der Waals surface area contributed by atoms with Crippen LogP contribution in [0.25, 0.3) is 0 Å². The van der Waals surface area contributed by atoms with Gasteiger partial charge in [0.1, 0.15) is 0 Å². The third-order valence-electron chi connectivity index (χ3n) is 4.19. The van der Waals surface area contributed by atoms with Crippen molar-refractivity contribution in [3.05, 3.63) is 12.2 Å². The van der Waals surface area contributed by atoms with E-state index in [0.29, 0.717) is 6.04 Å². The first-order valence-corrected chi connectivity index (χ1v) is 7.48. The molecule has 1 fully saturated rings. The molecule has 0 aromatic rings. The summed E-state index contributed by atoms with van der Waals surface area (Å²) < 4.78 is 5.17. The van der Waals surface area contributed by atoms with E-state index in [1.165, 1.54) is 51.7 Å². The first-order valence-electron chi connectivity index (χ1n) is 7.48. The van der Waals surface area contributed by atoms with E-state index in [4.69, 9.17) is 4.74 Å². The Bertz CT molecular complexity index is 255. The number of hydrogen-bond acceptors (Lipinski definition) is 3. The topological polar surface area (TPSA) is 24.5 Å². The molecule has 104 valence electrons. The fraction of sp³-hybridized carbons (Fsp3) is 0.867. The van der Waals surface area contributed by atoms with E-state index in [-0.39, 0.29) is 0 Å². The Morgan fingerprint density at radius 2 is 2.28 bits per heavy atom. The highest BCUT2D eigenvalue weighted by molar-refractivity contribution is 4.91. The number of nitrogens with one attached hydrogen (secondary N) is 1. The first-order chi connectivity index (χ1) is 8.88. The molecule has 0 amide bonds. The van der Waals surface area contributed by atoms with Gasteiger partial charge in [-0.1, -0.05) is 12.2 Å². The summed E-state index contributed by atoms with van der Waals surface area (Å²) in [7, 11) is 1.79. The van der Waals surface area contributed by atoms with E-state index in [9.17, 15) is 0 Å². The van der Waals surface area contributed by atoms with Gasteiger partial charge in [0.2, 0.25) is 0 Å². The molecule has 1 aliphatic carbocycles. The number of methoxy groups -OCH3 is 1. The smallest absolute Gasteiger partial charge is 0.0589 e. The number of ether oxygens (including phenoxy) is 1. The maximum absolute atomic E-state index is 5.17. The van der Waals surface area contributed by atoms with Gasteiger partial charge in [0.05, 0.1) is 6.61 Å². The number of likely N-dealkylation sites (tertiary alicyclic amines) is 1. The number of nitrogens with zero attached hydrogens (tertiary/aromatic N) is 1. The lowest BCUT2D eigenvalue weighted by molar-refractivity contribution is 0.121. The maximum Gasteiger partial charge on any atom is 0.0589 e. The van der Waals surface area contributed by atoms with Crippen molar-refractivity contribution in [2.24, 2.45) is 5.92 Å². The molecule has 2 aliphatic rings. The lowest BCUT2D eigenvalue weighted by atomic mass is 9.94. The normalized spacial score (nSPS) is 29.6. The van der Waals surface area contributed by atoms with Crippen molar-refractivity contribution in [3.63, 3.8) is 0 Å². The number of rotatable bonds is 6. The first kappa shape index (κ1) is 14.0. The zero-order valence-electron chi connectivity index (χ0n) is 11.7. The molecular weight excluding hydrogens is 224 g/mol. The van der Waals surface area contributed by atoms with Gasteiger partial charge in [-0.3, -0.25) is 4.90 Å². The van der Waals surface area contributed by atoms with Crippen LogP contribution in [0.4, 0.5) is 0 Å². The van der Waals surface area contributed by atoms with E-state index >= 15 is 0 Å². The van der Waals surface area contributed by atoms with Gasteiger partial charge < -0.3 is 10.1 Å². The van der Waals surface area contributed by atoms with Crippen LogP contribution in [0, 0.1) is 5.92 Å². The van der Waals surface area contributed by atoms with Crippen molar-refractivity contribution in [1.29, 1.82) is 0 Å². The van der Waals surface area contributed by atoms with Crippen molar-refractivity contribution in [2.45, 2.75) is 38.1 Å². The summed E-state index contributed by atoms with van der Waals surface area (Å²) in [5, 5.41) is 3.78. The van der Waals surface area contributed by atoms with Crippen molar-refractivity contribution >= 4 is 0 Å². The average molecular weight is 252 g/mol. The Morgan fingerprint density at radius 3 is 3.06 bits per heavy atom. The van der Waals surface area contributed by atoms with Crippen LogP contribution in [-0.4, -0.2) is 50.8 Å².